The van der Waals surface area contributed by atoms with Gasteiger partial charge in [0.05, 0.1) is 17.0 Å². The van der Waals surface area contributed by atoms with E-state index >= 15 is 0 Å². The van der Waals surface area contributed by atoms with Gasteiger partial charge in [-0.15, -0.1) is 11.3 Å². The molecule has 8 heteroatoms. The molecule has 3 heterocycles. The first kappa shape index (κ1) is 17.1. The molecule has 0 fully saturated rings. The van der Waals surface area contributed by atoms with Crippen molar-refractivity contribution in [1.82, 2.24) is 9.97 Å². The van der Waals surface area contributed by atoms with E-state index in [1.54, 1.807) is 0 Å². The average molecular weight is 387 g/mol. The third-order valence-corrected chi connectivity index (χ3v) is 5.84. The van der Waals surface area contributed by atoms with Gasteiger partial charge in [0.25, 0.3) is 0 Å². The van der Waals surface area contributed by atoms with Crippen LogP contribution in [-0.2, 0) is 11.2 Å². The van der Waals surface area contributed by atoms with E-state index < -0.39 is 0 Å². The number of benzene rings is 1. The summed E-state index contributed by atoms with van der Waals surface area (Å²) in [6.07, 6.45) is 0.840. The summed E-state index contributed by atoms with van der Waals surface area (Å²) in [5, 5.41) is 7.24. The van der Waals surface area contributed by atoms with E-state index in [0.717, 1.165) is 39.4 Å². The monoisotopic (exact) mass is 387 g/mol. The standard InChI is InChI=1S/C18H17N3O3S2/c1-3-11-4-12-5-14-15(24-9-23-14)6-13(12)20-17(11)25-8-16(22)21-18-19-10(2)7-26-18/h4-7H,3,8-9H2,1-2H3,(H,19,21,22). The van der Waals surface area contributed by atoms with E-state index in [4.69, 9.17) is 14.5 Å². The molecule has 2 aromatic heterocycles. The number of pyridine rings is 1. The van der Waals surface area contributed by atoms with Crippen molar-refractivity contribution in [1.29, 1.82) is 0 Å². The Morgan fingerprint density at radius 2 is 2.08 bits per heavy atom. The highest BCUT2D eigenvalue weighted by molar-refractivity contribution is 8.00. The number of rotatable bonds is 5. The summed E-state index contributed by atoms with van der Waals surface area (Å²) < 4.78 is 10.9. The zero-order valence-corrected chi connectivity index (χ0v) is 16.0. The van der Waals surface area contributed by atoms with E-state index in [9.17, 15) is 4.79 Å². The van der Waals surface area contributed by atoms with Crippen molar-refractivity contribution in [2.24, 2.45) is 0 Å². The second-order valence-corrected chi connectivity index (χ2v) is 7.66. The fourth-order valence-corrected chi connectivity index (χ4v) is 4.26. The molecule has 0 aliphatic carbocycles. The molecule has 0 bridgehead atoms. The highest BCUT2D eigenvalue weighted by Crippen LogP contribution is 2.37. The molecule has 0 spiro atoms. The molecule has 3 aromatic rings. The summed E-state index contributed by atoms with van der Waals surface area (Å²) in [4.78, 5) is 21.2. The van der Waals surface area contributed by atoms with Crippen LogP contribution in [0, 0.1) is 6.92 Å². The van der Waals surface area contributed by atoms with E-state index in [-0.39, 0.29) is 18.5 Å². The molecule has 134 valence electrons. The van der Waals surface area contributed by atoms with Crippen molar-refractivity contribution < 1.29 is 14.3 Å². The molecule has 0 saturated carbocycles. The number of carbonyl (C=O) groups is 1. The number of carbonyl (C=O) groups excluding carboxylic acids is 1. The van der Waals surface area contributed by atoms with Crippen LogP contribution >= 0.6 is 23.1 Å². The van der Waals surface area contributed by atoms with Crippen molar-refractivity contribution in [3.63, 3.8) is 0 Å². The SMILES string of the molecule is CCc1cc2cc3c(cc2nc1SCC(=O)Nc1nc(C)cs1)OCO3. The maximum Gasteiger partial charge on any atom is 0.236 e. The summed E-state index contributed by atoms with van der Waals surface area (Å²) >= 11 is 2.86. The number of nitrogens with zero attached hydrogens (tertiary/aromatic N) is 2. The average Bonchev–Trinajstić information content (AvgIpc) is 3.25. The lowest BCUT2D eigenvalue weighted by atomic mass is 10.1. The molecule has 4 rings (SSSR count). The van der Waals surface area contributed by atoms with Crippen molar-refractivity contribution in [2.75, 3.05) is 17.9 Å². The highest BCUT2D eigenvalue weighted by atomic mass is 32.2. The highest BCUT2D eigenvalue weighted by Gasteiger charge is 2.17. The molecule has 0 radical (unpaired) electrons. The molecular weight excluding hydrogens is 370 g/mol. The summed E-state index contributed by atoms with van der Waals surface area (Å²) in [5.41, 5.74) is 2.85. The normalized spacial score (nSPS) is 12.5. The van der Waals surface area contributed by atoms with Gasteiger partial charge in [0.1, 0.15) is 5.03 Å². The van der Waals surface area contributed by atoms with Crippen molar-refractivity contribution >= 4 is 45.0 Å². The Labute approximate surface area is 158 Å². The molecular formula is C18H17N3O3S2. The van der Waals surface area contributed by atoms with Crippen molar-refractivity contribution in [2.45, 2.75) is 25.3 Å². The zero-order valence-electron chi connectivity index (χ0n) is 14.4. The minimum atomic E-state index is -0.0843. The molecule has 1 aliphatic rings. The minimum absolute atomic E-state index is 0.0843. The fourth-order valence-electron chi connectivity index (χ4n) is 2.67. The first-order chi connectivity index (χ1) is 12.6. The quantitative estimate of drug-likeness (QED) is 0.667. The van der Waals surface area contributed by atoms with Crippen LogP contribution in [0.15, 0.2) is 28.6 Å². The summed E-state index contributed by atoms with van der Waals surface area (Å²) in [5.74, 6) is 1.66. The van der Waals surface area contributed by atoms with Crippen LogP contribution in [-0.4, -0.2) is 28.4 Å². The minimum Gasteiger partial charge on any atom is -0.454 e. The van der Waals surface area contributed by atoms with Crippen LogP contribution in [0.4, 0.5) is 5.13 Å². The third-order valence-electron chi connectivity index (χ3n) is 3.93. The lowest BCUT2D eigenvalue weighted by molar-refractivity contribution is -0.113. The summed E-state index contributed by atoms with van der Waals surface area (Å²) in [6.45, 7) is 4.22. The smallest absolute Gasteiger partial charge is 0.236 e. The van der Waals surface area contributed by atoms with E-state index in [1.807, 2.05) is 24.4 Å². The number of nitrogens with one attached hydrogen (secondary N) is 1. The van der Waals surface area contributed by atoms with Crippen LogP contribution in [0.25, 0.3) is 10.9 Å². The Bertz CT molecular complexity index is 987. The number of anilines is 1. The Balaban J connectivity index is 1.53. The van der Waals surface area contributed by atoms with Gasteiger partial charge >= 0.3 is 0 Å². The molecule has 1 amide bonds. The second kappa shape index (κ2) is 7.13. The predicted octanol–water partition coefficient (Wildman–Crippen LogP) is 4.02. The van der Waals surface area contributed by atoms with Crippen LogP contribution in [0.5, 0.6) is 11.5 Å². The maximum atomic E-state index is 12.2. The first-order valence-corrected chi connectivity index (χ1v) is 10.1. The van der Waals surface area contributed by atoms with Crippen LogP contribution in [0.2, 0.25) is 0 Å². The Hall–Kier alpha value is -2.32. The van der Waals surface area contributed by atoms with E-state index in [2.05, 4.69) is 23.3 Å². The number of thioether (sulfide) groups is 1. The van der Waals surface area contributed by atoms with Gasteiger partial charge < -0.3 is 14.8 Å². The Morgan fingerprint density at radius 3 is 2.81 bits per heavy atom. The number of thiazole rings is 1. The largest absolute Gasteiger partial charge is 0.454 e. The van der Waals surface area contributed by atoms with Gasteiger partial charge in [0.15, 0.2) is 16.6 Å². The lowest BCUT2D eigenvalue weighted by Gasteiger charge is -2.09. The van der Waals surface area contributed by atoms with Crippen molar-refractivity contribution in [3.05, 3.63) is 34.8 Å². The van der Waals surface area contributed by atoms with Crippen LogP contribution < -0.4 is 14.8 Å². The topological polar surface area (TPSA) is 73.3 Å². The third kappa shape index (κ3) is 3.47. The number of ether oxygens (including phenoxy) is 2. The van der Waals surface area contributed by atoms with Gasteiger partial charge in [0.2, 0.25) is 12.7 Å². The second-order valence-electron chi connectivity index (χ2n) is 5.84. The predicted molar refractivity (Wildman–Crippen MR) is 103 cm³/mol. The number of hydrogen-bond donors (Lipinski definition) is 1. The number of hydrogen-bond acceptors (Lipinski definition) is 7. The molecule has 0 unspecified atom stereocenters. The summed E-state index contributed by atoms with van der Waals surface area (Å²) in [6, 6.07) is 5.95. The van der Waals surface area contributed by atoms with Gasteiger partial charge in [-0.05, 0) is 31.0 Å². The van der Waals surface area contributed by atoms with Gasteiger partial charge in [0, 0.05) is 16.8 Å². The first-order valence-electron chi connectivity index (χ1n) is 8.20. The zero-order chi connectivity index (χ0) is 18.1. The molecule has 1 aromatic carbocycles. The molecule has 0 saturated heterocycles. The Kier molecular flexibility index (Phi) is 4.69. The number of aromatic nitrogens is 2. The van der Waals surface area contributed by atoms with Crippen LogP contribution in [0.3, 0.4) is 0 Å². The Morgan fingerprint density at radius 1 is 1.27 bits per heavy atom. The molecule has 6 nitrogen and oxygen atoms in total. The van der Waals surface area contributed by atoms with Gasteiger partial charge in [-0.3, -0.25) is 4.79 Å². The summed E-state index contributed by atoms with van der Waals surface area (Å²) in [7, 11) is 0. The lowest BCUT2D eigenvalue weighted by Crippen LogP contribution is -2.14. The molecule has 0 atom stereocenters. The van der Waals surface area contributed by atoms with Gasteiger partial charge in [-0.1, -0.05) is 18.7 Å². The number of fused-ring (bicyclic) bond motifs is 2. The van der Waals surface area contributed by atoms with E-state index in [0.29, 0.717) is 10.9 Å². The van der Waals surface area contributed by atoms with E-state index in [1.165, 1.54) is 23.1 Å². The molecule has 1 N–H and O–H groups in total. The molecule has 26 heavy (non-hydrogen) atoms. The van der Waals surface area contributed by atoms with Crippen LogP contribution in [0.1, 0.15) is 18.2 Å². The number of amides is 1. The van der Waals surface area contributed by atoms with Crippen molar-refractivity contribution in [3.8, 4) is 11.5 Å². The maximum absolute atomic E-state index is 12.2. The number of aryl methyl sites for hydroxylation is 2. The van der Waals surface area contributed by atoms with Gasteiger partial charge in [-0.25, -0.2) is 9.97 Å². The fraction of sp³-hybridized carbons (Fsp3) is 0.278. The van der Waals surface area contributed by atoms with Gasteiger partial charge in [-0.2, -0.15) is 0 Å². The molecule has 1 aliphatic heterocycles.